The highest BCUT2D eigenvalue weighted by Crippen LogP contribution is 2.30. The number of hydrogen-bond acceptors (Lipinski definition) is 2. The van der Waals surface area contributed by atoms with Gasteiger partial charge in [0.05, 0.1) is 0 Å². The smallest absolute Gasteiger partial charge is 0.251 e. The van der Waals surface area contributed by atoms with Gasteiger partial charge in [0.15, 0.2) is 0 Å². The molecule has 70 valence electrons. The van der Waals surface area contributed by atoms with E-state index in [2.05, 4.69) is 15.3 Å². The highest BCUT2D eigenvalue weighted by Gasteiger charge is 2.21. The number of azide groups is 1. The number of carbonyl (C=O) groups is 1. The average molecular weight is 188 g/mol. The molecule has 1 aromatic carbocycles. The fourth-order valence-electron chi connectivity index (χ4n) is 1.59. The monoisotopic (exact) mass is 188 g/mol. The molecule has 5 heteroatoms. The van der Waals surface area contributed by atoms with E-state index >= 15 is 0 Å². The maximum atomic E-state index is 11.3. The topological polar surface area (TPSA) is 77.9 Å². The van der Waals surface area contributed by atoms with Crippen molar-refractivity contribution in [3.63, 3.8) is 0 Å². The second-order valence-electron chi connectivity index (χ2n) is 3.13. The SMILES string of the molecule is Cc1ccc2c(c1N=[N+]=[N-])CNC2=O. The fourth-order valence-corrected chi connectivity index (χ4v) is 1.59. The molecule has 0 saturated carbocycles. The van der Waals surface area contributed by atoms with E-state index in [0.29, 0.717) is 17.8 Å². The van der Waals surface area contributed by atoms with E-state index in [1.54, 1.807) is 12.1 Å². The first-order valence-corrected chi connectivity index (χ1v) is 4.20. The standard InChI is InChI=1S/C9H8N4O/c1-5-2-3-6-7(4-11-9(6)14)8(5)12-13-10/h2-3H,4H2,1H3,(H,11,14). The van der Waals surface area contributed by atoms with Gasteiger partial charge in [-0.1, -0.05) is 11.2 Å². The van der Waals surface area contributed by atoms with Crippen molar-refractivity contribution in [2.45, 2.75) is 13.5 Å². The molecule has 0 spiro atoms. The van der Waals surface area contributed by atoms with Crippen LogP contribution in [0.2, 0.25) is 0 Å². The van der Waals surface area contributed by atoms with Gasteiger partial charge >= 0.3 is 0 Å². The Morgan fingerprint density at radius 2 is 2.36 bits per heavy atom. The lowest BCUT2D eigenvalue weighted by molar-refractivity contribution is 0.0966. The number of hydrogen-bond donors (Lipinski definition) is 1. The maximum Gasteiger partial charge on any atom is 0.251 e. The van der Waals surface area contributed by atoms with E-state index in [0.717, 1.165) is 11.1 Å². The molecule has 1 amide bonds. The number of nitrogens with one attached hydrogen (secondary N) is 1. The molecule has 1 aliphatic heterocycles. The van der Waals surface area contributed by atoms with Gasteiger partial charge in [-0.15, -0.1) is 0 Å². The van der Waals surface area contributed by atoms with Crippen molar-refractivity contribution in [1.29, 1.82) is 0 Å². The maximum absolute atomic E-state index is 11.3. The Morgan fingerprint density at radius 3 is 3.07 bits per heavy atom. The fraction of sp³-hybridized carbons (Fsp3) is 0.222. The first-order valence-electron chi connectivity index (χ1n) is 4.20. The van der Waals surface area contributed by atoms with Crippen LogP contribution in [0.3, 0.4) is 0 Å². The highest BCUT2D eigenvalue weighted by molar-refractivity contribution is 6.00. The van der Waals surface area contributed by atoms with Crippen molar-refractivity contribution < 1.29 is 4.79 Å². The molecule has 0 bridgehead atoms. The molecule has 0 unspecified atom stereocenters. The quantitative estimate of drug-likeness (QED) is 0.409. The Labute approximate surface area is 80.4 Å². The lowest BCUT2D eigenvalue weighted by atomic mass is 10.0. The van der Waals surface area contributed by atoms with Crippen LogP contribution in [0.5, 0.6) is 0 Å². The number of aryl methyl sites for hydroxylation is 1. The van der Waals surface area contributed by atoms with Crippen molar-refractivity contribution in [1.82, 2.24) is 5.32 Å². The molecule has 0 saturated heterocycles. The van der Waals surface area contributed by atoms with Crippen LogP contribution in [0.15, 0.2) is 17.2 Å². The number of amides is 1. The van der Waals surface area contributed by atoms with E-state index in [9.17, 15) is 4.79 Å². The van der Waals surface area contributed by atoms with Crippen LogP contribution < -0.4 is 5.32 Å². The summed E-state index contributed by atoms with van der Waals surface area (Å²) in [6.07, 6.45) is 0. The normalized spacial score (nSPS) is 13.1. The van der Waals surface area contributed by atoms with Crippen LogP contribution in [0.4, 0.5) is 5.69 Å². The van der Waals surface area contributed by atoms with Gasteiger partial charge in [0.2, 0.25) is 0 Å². The first-order chi connectivity index (χ1) is 6.74. The van der Waals surface area contributed by atoms with Crippen molar-refractivity contribution in [3.8, 4) is 0 Å². The van der Waals surface area contributed by atoms with Crippen LogP contribution in [-0.2, 0) is 6.54 Å². The third-order valence-electron chi connectivity index (χ3n) is 2.30. The summed E-state index contributed by atoms with van der Waals surface area (Å²) in [5.74, 6) is -0.102. The highest BCUT2D eigenvalue weighted by atomic mass is 16.1. The average Bonchev–Trinajstić information content (AvgIpc) is 2.53. The molecule has 0 atom stereocenters. The second kappa shape index (κ2) is 3.05. The molecule has 1 aliphatic rings. The minimum Gasteiger partial charge on any atom is -0.348 e. The van der Waals surface area contributed by atoms with Gasteiger partial charge in [0.1, 0.15) is 0 Å². The van der Waals surface area contributed by atoms with Crippen LogP contribution >= 0.6 is 0 Å². The van der Waals surface area contributed by atoms with Gasteiger partial charge in [-0.3, -0.25) is 4.79 Å². The Balaban J connectivity index is 2.70. The van der Waals surface area contributed by atoms with Gasteiger partial charge in [-0.05, 0) is 29.6 Å². The van der Waals surface area contributed by atoms with Crippen LogP contribution in [0.25, 0.3) is 10.4 Å². The molecule has 0 aliphatic carbocycles. The van der Waals surface area contributed by atoms with Gasteiger partial charge in [-0.25, -0.2) is 0 Å². The van der Waals surface area contributed by atoms with Gasteiger partial charge in [0.25, 0.3) is 5.91 Å². The predicted molar refractivity (Wildman–Crippen MR) is 51.2 cm³/mol. The summed E-state index contributed by atoms with van der Waals surface area (Å²) in [6, 6.07) is 3.54. The zero-order valence-corrected chi connectivity index (χ0v) is 7.61. The van der Waals surface area contributed by atoms with Gasteiger partial charge in [0, 0.05) is 22.7 Å². The minimum atomic E-state index is -0.102. The molecule has 0 aromatic heterocycles. The molecular weight excluding hydrogens is 180 g/mol. The van der Waals surface area contributed by atoms with Gasteiger partial charge < -0.3 is 5.32 Å². The van der Waals surface area contributed by atoms with E-state index in [-0.39, 0.29) is 5.91 Å². The minimum absolute atomic E-state index is 0.102. The van der Waals surface area contributed by atoms with E-state index in [1.165, 1.54) is 0 Å². The van der Waals surface area contributed by atoms with Crippen LogP contribution in [0.1, 0.15) is 21.5 Å². The predicted octanol–water partition coefficient (Wildman–Crippen LogP) is 2.18. The first kappa shape index (κ1) is 8.59. The molecule has 14 heavy (non-hydrogen) atoms. The van der Waals surface area contributed by atoms with Crippen molar-refractivity contribution in [2.24, 2.45) is 5.11 Å². The Kier molecular flexibility index (Phi) is 1.87. The van der Waals surface area contributed by atoms with Crippen LogP contribution in [-0.4, -0.2) is 5.91 Å². The van der Waals surface area contributed by atoms with E-state index < -0.39 is 0 Å². The van der Waals surface area contributed by atoms with E-state index in [1.807, 2.05) is 6.92 Å². The molecule has 5 nitrogen and oxygen atoms in total. The summed E-state index contributed by atoms with van der Waals surface area (Å²) in [7, 11) is 0. The molecule has 1 aromatic rings. The number of rotatable bonds is 1. The third-order valence-corrected chi connectivity index (χ3v) is 2.30. The lowest BCUT2D eigenvalue weighted by Crippen LogP contribution is -2.12. The molecule has 0 radical (unpaired) electrons. The lowest BCUT2D eigenvalue weighted by Gasteiger charge is -2.03. The number of carbonyl (C=O) groups excluding carboxylic acids is 1. The Bertz CT molecular complexity index is 460. The Morgan fingerprint density at radius 1 is 1.57 bits per heavy atom. The molecule has 1 N–H and O–H groups in total. The molecule has 0 fully saturated rings. The third kappa shape index (κ3) is 1.11. The zero-order valence-electron chi connectivity index (χ0n) is 7.61. The summed E-state index contributed by atoms with van der Waals surface area (Å²) >= 11 is 0. The number of nitrogens with zero attached hydrogens (tertiary/aromatic N) is 3. The molecule has 1 heterocycles. The Hall–Kier alpha value is -2.00. The second-order valence-corrected chi connectivity index (χ2v) is 3.13. The zero-order chi connectivity index (χ0) is 10.1. The van der Waals surface area contributed by atoms with Crippen LogP contribution in [0, 0.1) is 6.92 Å². The summed E-state index contributed by atoms with van der Waals surface area (Å²) < 4.78 is 0. The molecular formula is C9H8N4O. The molecule has 2 rings (SSSR count). The van der Waals surface area contributed by atoms with Crippen molar-refractivity contribution in [3.05, 3.63) is 39.3 Å². The van der Waals surface area contributed by atoms with Crippen molar-refractivity contribution >= 4 is 11.6 Å². The summed E-state index contributed by atoms with van der Waals surface area (Å²) in [6.45, 7) is 2.30. The summed E-state index contributed by atoms with van der Waals surface area (Å²) in [5, 5.41) is 6.29. The van der Waals surface area contributed by atoms with Gasteiger partial charge in [-0.2, -0.15) is 0 Å². The summed E-state index contributed by atoms with van der Waals surface area (Å²) in [5.41, 5.74) is 11.3. The van der Waals surface area contributed by atoms with E-state index in [4.69, 9.17) is 5.53 Å². The van der Waals surface area contributed by atoms with Crippen molar-refractivity contribution in [2.75, 3.05) is 0 Å². The summed E-state index contributed by atoms with van der Waals surface area (Å²) in [4.78, 5) is 14.0. The number of fused-ring (bicyclic) bond motifs is 1. The largest absolute Gasteiger partial charge is 0.348 e. The number of benzene rings is 1.